The summed E-state index contributed by atoms with van der Waals surface area (Å²) >= 11 is 10.4. The summed E-state index contributed by atoms with van der Waals surface area (Å²) < 4.78 is 3.00. The highest BCUT2D eigenvalue weighted by molar-refractivity contribution is 9.14. The van der Waals surface area contributed by atoms with E-state index >= 15 is 0 Å². The molecule has 0 saturated carbocycles. The summed E-state index contributed by atoms with van der Waals surface area (Å²) in [6.45, 7) is 0.770. The van der Waals surface area contributed by atoms with Gasteiger partial charge in [-0.1, -0.05) is 0 Å². The Kier molecular flexibility index (Phi) is 3.27. The van der Waals surface area contributed by atoms with Crippen LogP contribution in [0.3, 0.4) is 0 Å². The third-order valence-electron chi connectivity index (χ3n) is 2.04. The zero-order valence-electron chi connectivity index (χ0n) is 7.60. The summed E-state index contributed by atoms with van der Waals surface area (Å²) in [5.41, 5.74) is 9.75. The molecular weight excluding hydrogens is 390 g/mol. The smallest absolute Gasteiger partial charge is 0.113 e. The van der Waals surface area contributed by atoms with Crippen LogP contribution < -0.4 is 16.2 Å². The van der Waals surface area contributed by atoms with Gasteiger partial charge >= 0.3 is 0 Å². The number of nitrogens with two attached hydrogens (primary N) is 1. The number of benzene rings is 1. The molecule has 0 fully saturated rings. The molecule has 0 saturated heterocycles. The maximum absolute atomic E-state index is 5.64. The standard InChI is InChI=1S/C9H8Br3N3/c10-6-3-5(4-7(11)9(6)12)15-2-1-8(13)14-15/h1,3-4,14H,2,13H2. The molecule has 1 heterocycles. The van der Waals surface area contributed by atoms with Crippen molar-refractivity contribution in [1.29, 1.82) is 0 Å². The molecule has 15 heavy (non-hydrogen) atoms. The lowest BCUT2D eigenvalue weighted by atomic mass is 10.3. The van der Waals surface area contributed by atoms with Crippen LogP contribution in [0.15, 0.2) is 37.4 Å². The summed E-state index contributed by atoms with van der Waals surface area (Å²) in [4.78, 5) is 0. The van der Waals surface area contributed by atoms with Crippen molar-refractivity contribution in [3.63, 3.8) is 0 Å². The number of nitrogens with zero attached hydrogens (tertiary/aromatic N) is 1. The van der Waals surface area contributed by atoms with Crippen LogP contribution in [0.2, 0.25) is 0 Å². The van der Waals surface area contributed by atoms with E-state index in [-0.39, 0.29) is 0 Å². The molecule has 2 rings (SSSR count). The second kappa shape index (κ2) is 4.35. The molecular formula is C9H8Br3N3. The lowest BCUT2D eigenvalue weighted by Crippen LogP contribution is -2.33. The zero-order valence-corrected chi connectivity index (χ0v) is 12.4. The van der Waals surface area contributed by atoms with Crippen LogP contribution in [-0.4, -0.2) is 6.54 Å². The average Bonchev–Trinajstić information content (AvgIpc) is 2.60. The molecule has 0 atom stereocenters. The fourth-order valence-corrected chi connectivity index (χ4v) is 2.70. The largest absolute Gasteiger partial charge is 0.384 e. The average molecular weight is 398 g/mol. The molecule has 1 aliphatic rings. The maximum atomic E-state index is 5.64. The predicted molar refractivity (Wildman–Crippen MR) is 72.3 cm³/mol. The minimum Gasteiger partial charge on any atom is -0.384 e. The lowest BCUT2D eigenvalue weighted by Gasteiger charge is -2.20. The van der Waals surface area contributed by atoms with Gasteiger partial charge in [0.25, 0.3) is 0 Å². The van der Waals surface area contributed by atoms with Crippen molar-refractivity contribution in [2.24, 2.45) is 5.73 Å². The topological polar surface area (TPSA) is 41.3 Å². The normalized spacial score (nSPS) is 15.1. The molecule has 6 heteroatoms. The van der Waals surface area contributed by atoms with Crippen molar-refractivity contribution in [2.45, 2.75) is 0 Å². The van der Waals surface area contributed by atoms with Crippen LogP contribution in [-0.2, 0) is 0 Å². The van der Waals surface area contributed by atoms with E-state index < -0.39 is 0 Å². The highest BCUT2D eigenvalue weighted by Gasteiger charge is 2.14. The molecule has 80 valence electrons. The number of hydrogen-bond donors (Lipinski definition) is 2. The van der Waals surface area contributed by atoms with Crippen molar-refractivity contribution >= 4 is 53.5 Å². The quantitative estimate of drug-likeness (QED) is 0.715. The Morgan fingerprint density at radius 2 is 1.80 bits per heavy atom. The third-order valence-corrected chi connectivity index (χ3v) is 5.21. The van der Waals surface area contributed by atoms with E-state index in [1.807, 2.05) is 23.2 Å². The summed E-state index contributed by atoms with van der Waals surface area (Å²) in [6, 6.07) is 4.04. The third kappa shape index (κ3) is 2.32. The van der Waals surface area contributed by atoms with E-state index in [1.165, 1.54) is 0 Å². The van der Waals surface area contributed by atoms with Crippen molar-refractivity contribution in [3.05, 3.63) is 37.4 Å². The highest BCUT2D eigenvalue weighted by Crippen LogP contribution is 2.35. The van der Waals surface area contributed by atoms with Gasteiger partial charge in [0, 0.05) is 13.4 Å². The zero-order chi connectivity index (χ0) is 11.0. The number of halogens is 3. The van der Waals surface area contributed by atoms with Gasteiger partial charge in [-0.05, 0) is 66.0 Å². The first-order chi connectivity index (χ1) is 7.08. The van der Waals surface area contributed by atoms with E-state index in [2.05, 4.69) is 53.2 Å². The van der Waals surface area contributed by atoms with Crippen LogP contribution in [0.1, 0.15) is 0 Å². The Balaban J connectivity index is 2.31. The fourth-order valence-electron chi connectivity index (χ4n) is 1.30. The number of hydrazine groups is 1. The molecule has 1 aromatic carbocycles. The molecule has 0 bridgehead atoms. The number of anilines is 1. The molecule has 0 amide bonds. The Morgan fingerprint density at radius 3 is 2.27 bits per heavy atom. The van der Waals surface area contributed by atoms with Crippen molar-refractivity contribution in [2.75, 3.05) is 11.6 Å². The monoisotopic (exact) mass is 395 g/mol. The van der Waals surface area contributed by atoms with Gasteiger partial charge in [0.1, 0.15) is 5.82 Å². The Morgan fingerprint density at radius 1 is 1.20 bits per heavy atom. The predicted octanol–water partition coefficient (Wildman–Crippen LogP) is 3.10. The van der Waals surface area contributed by atoms with Gasteiger partial charge in [-0.15, -0.1) is 0 Å². The SMILES string of the molecule is NC1=CCN(c2cc(Br)c(Br)c(Br)c2)N1. The molecule has 3 N–H and O–H groups in total. The number of hydrogen-bond acceptors (Lipinski definition) is 3. The van der Waals surface area contributed by atoms with Gasteiger partial charge in [-0.2, -0.15) is 0 Å². The van der Waals surface area contributed by atoms with Crippen LogP contribution in [0, 0.1) is 0 Å². The number of rotatable bonds is 1. The van der Waals surface area contributed by atoms with E-state index in [1.54, 1.807) is 0 Å². The molecule has 1 aliphatic heterocycles. The maximum Gasteiger partial charge on any atom is 0.113 e. The van der Waals surface area contributed by atoms with Crippen LogP contribution >= 0.6 is 47.8 Å². The van der Waals surface area contributed by atoms with Gasteiger partial charge in [0.15, 0.2) is 0 Å². The first-order valence-corrected chi connectivity index (χ1v) is 6.60. The summed E-state index contributed by atoms with van der Waals surface area (Å²) in [5.74, 6) is 0.685. The van der Waals surface area contributed by atoms with Crippen molar-refractivity contribution in [3.8, 4) is 0 Å². The van der Waals surface area contributed by atoms with Gasteiger partial charge in [0.2, 0.25) is 0 Å². The minimum absolute atomic E-state index is 0.685. The van der Waals surface area contributed by atoms with Gasteiger partial charge in [-0.25, -0.2) is 0 Å². The lowest BCUT2D eigenvalue weighted by molar-refractivity contribution is 0.796. The van der Waals surface area contributed by atoms with E-state index in [0.29, 0.717) is 5.82 Å². The Labute approximate surface area is 113 Å². The van der Waals surface area contributed by atoms with Crippen LogP contribution in [0.4, 0.5) is 5.69 Å². The molecule has 3 nitrogen and oxygen atoms in total. The van der Waals surface area contributed by atoms with Crippen molar-refractivity contribution in [1.82, 2.24) is 5.43 Å². The minimum atomic E-state index is 0.685. The van der Waals surface area contributed by atoms with Gasteiger partial charge in [-0.3, -0.25) is 10.4 Å². The van der Waals surface area contributed by atoms with E-state index in [0.717, 1.165) is 25.7 Å². The molecule has 0 aromatic heterocycles. The van der Waals surface area contributed by atoms with Gasteiger partial charge in [0.05, 0.1) is 12.2 Å². The first-order valence-electron chi connectivity index (χ1n) is 4.22. The molecule has 0 radical (unpaired) electrons. The summed E-state index contributed by atoms with van der Waals surface area (Å²) in [6.07, 6.45) is 1.93. The fraction of sp³-hybridized carbons (Fsp3) is 0.111. The van der Waals surface area contributed by atoms with Crippen LogP contribution in [0.25, 0.3) is 0 Å². The Bertz CT molecular complexity index is 408. The molecule has 1 aromatic rings. The Hall–Kier alpha value is -0.200. The first kappa shape index (κ1) is 11.3. The van der Waals surface area contributed by atoms with Gasteiger partial charge < -0.3 is 5.73 Å². The number of nitrogens with one attached hydrogen (secondary N) is 1. The molecule has 0 unspecified atom stereocenters. The molecule has 0 spiro atoms. The van der Waals surface area contributed by atoms with Crippen LogP contribution in [0.5, 0.6) is 0 Å². The molecule has 0 aliphatic carbocycles. The van der Waals surface area contributed by atoms with E-state index in [9.17, 15) is 0 Å². The highest BCUT2D eigenvalue weighted by atomic mass is 79.9. The summed E-state index contributed by atoms with van der Waals surface area (Å²) in [7, 11) is 0. The van der Waals surface area contributed by atoms with E-state index in [4.69, 9.17) is 5.73 Å². The second-order valence-corrected chi connectivity index (χ2v) is 5.61. The van der Waals surface area contributed by atoms with Crippen molar-refractivity contribution < 1.29 is 0 Å². The summed E-state index contributed by atoms with van der Waals surface area (Å²) in [5, 5.41) is 1.97. The second-order valence-electron chi connectivity index (χ2n) is 3.11.